The van der Waals surface area contributed by atoms with E-state index in [0.29, 0.717) is 11.3 Å². The van der Waals surface area contributed by atoms with Gasteiger partial charge in [-0.25, -0.2) is 0 Å². The maximum absolute atomic E-state index is 6.17. The third kappa shape index (κ3) is 2.25. The van der Waals surface area contributed by atoms with Crippen molar-refractivity contribution >= 4 is 11.6 Å². The Morgan fingerprint density at radius 2 is 2.43 bits per heavy atom. The normalized spacial score (nSPS) is 28.1. The fraction of sp³-hybridized carbons (Fsp3) is 0.545. The van der Waals surface area contributed by atoms with E-state index in [4.69, 9.17) is 11.6 Å². The highest BCUT2D eigenvalue weighted by Crippen LogP contribution is 2.22. The van der Waals surface area contributed by atoms with Crippen molar-refractivity contribution in [3.05, 3.63) is 30.1 Å². The molecule has 2 rings (SSSR count). The molecule has 0 amide bonds. The summed E-state index contributed by atoms with van der Waals surface area (Å²) in [6, 6.07) is 4.09. The summed E-state index contributed by atoms with van der Waals surface area (Å²) in [6.45, 7) is 5.28. The molecule has 1 fully saturated rings. The van der Waals surface area contributed by atoms with Gasteiger partial charge in [0.05, 0.1) is 5.38 Å². The molecule has 0 aromatic carbocycles. The number of hydrogen-bond donors (Lipinski definition) is 0. The largest absolute Gasteiger partial charge is 0.297 e. The SMILES string of the molecule is CC1CN(Cc2cccnc2)CC1Cl. The van der Waals surface area contributed by atoms with Crippen molar-refractivity contribution in [2.45, 2.75) is 18.8 Å². The molecule has 0 bridgehead atoms. The first kappa shape index (κ1) is 9.94. The monoisotopic (exact) mass is 210 g/mol. The summed E-state index contributed by atoms with van der Waals surface area (Å²) < 4.78 is 0. The molecule has 1 aliphatic heterocycles. The third-order valence-corrected chi connectivity index (χ3v) is 3.29. The first-order valence-corrected chi connectivity index (χ1v) is 5.44. The van der Waals surface area contributed by atoms with Crippen molar-refractivity contribution in [1.29, 1.82) is 0 Å². The zero-order valence-electron chi connectivity index (χ0n) is 8.36. The van der Waals surface area contributed by atoms with Gasteiger partial charge in [0, 0.05) is 32.0 Å². The average Bonchev–Trinajstić information content (AvgIpc) is 2.47. The highest BCUT2D eigenvalue weighted by molar-refractivity contribution is 6.21. The quantitative estimate of drug-likeness (QED) is 0.696. The molecular weight excluding hydrogens is 196 g/mol. The number of likely N-dealkylation sites (tertiary alicyclic amines) is 1. The van der Waals surface area contributed by atoms with Gasteiger partial charge < -0.3 is 0 Å². The van der Waals surface area contributed by atoms with Gasteiger partial charge in [-0.2, -0.15) is 0 Å². The van der Waals surface area contributed by atoms with Gasteiger partial charge in [0.15, 0.2) is 0 Å². The molecule has 0 saturated carbocycles. The maximum atomic E-state index is 6.17. The van der Waals surface area contributed by atoms with Crippen LogP contribution in [0.4, 0.5) is 0 Å². The number of halogens is 1. The number of rotatable bonds is 2. The lowest BCUT2D eigenvalue weighted by molar-refractivity contribution is 0.320. The van der Waals surface area contributed by atoms with Gasteiger partial charge >= 0.3 is 0 Å². The number of hydrogen-bond acceptors (Lipinski definition) is 2. The predicted octanol–water partition coefficient (Wildman–Crippen LogP) is 2.14. The van der Waals surface area contributed by atoms with Crippen LogP contribution in [0.5, 0.6) is 0 Å². The van der Waals surface area contributed by atoms with E-state index >= 15 is 0 Å². The fourth-order valence-electron chi connectivity index (χ4n) is 1.90. The van der Waals surface area contributed by atoms with E-state index < -0.39 is 0 Å². The Morgan fingerprint density at radius 1 is 1.57 bits per heavy atom. The van der Waals surface area contributed by atoms with Crippen LogP contribution in [-0.4, -0.2) is 28.4 Å². The van der Waals surface area contributed by atoms with Crippen LogP contribution in [0.25, 0.3) is 0 Å². The summed E-state index contributed by atoms with van der Waals surface area (Å²) in [5.41, 5.74) is 1.27. The molecule has 1 aliphatic rings. The van der Waals surface area contributed by atoms with E-state index in [-0.39, 0.29) is 0 Å². The second kappa shape index (κ2) is 4.28. The molecule has 2 unspecified atom stereocenters. The minimum Gasteiger partial charge on any atom is -0.297 e. The first-order valence-electron chi connectivity index (χ1n) is 5.01. The van der Waals surface area contributed by atoms with Crippen molar-refractivity contribution in [1.82, 2.24) is 9.88 Å². The molecule has 2 nitrogen and oxygen atoms in total. The maximum Gasteiger partial charge on any atom is 0.0501 e. The summed E-state index contributed by atoms with van der Waals surface area (Å²) in [5.74, 6) is 0.605. The van der Waals surface area contributed by atoms with E-state index in [2.05, 4.69) is 22.9 Å². The van der Waals surface area contributed by atoms with Crippen LogP contribution in [0.2, 0.25) is 0 Å². The Labute approximate surface area is 89.9 Å². The molecule has 1 saturated heterocycles. The summed E-state index contributed by atoms with van der Waals surface area (Å²) >= 11 is 6.17. The van der Waals surface area contributed by atoms with Gasteiger partial charge in [-0.1, -0.05) is 13.0 Å². The van der Waals surface area contributed by atoms with Crippen LogP contribution in [-0.2, 0) is 6.54 Å². The highest BCUT2D eigenvalue weighted by Gasteiger charge is 2.27. The molecule has 14 heavy (non-hydrogen) atoms. The van der Waals surface area contributed by atoms with Crippen LogP contribution in [0.1, 0.15) is 12.5 Å². The molecule has 76 valence electrons. The van der Waals surface area contributed by atoms with E-state index in [9.17, 15) is 0 Å². The molecule has 0 spiro atoms. The van der Waals surface area contributed by atoms with Gasteiger partial charge in [-0.05, 0) is 17.5 Å². The lowest BCUT2D eigenvalue weighted by atomic mass is 10.1. The van der Waals surface area contributed by atoms with Crippen LogP contribution < -0.4 is 0 Å². The molecule has 0 aliphatic carbocycles. The van der Waals surface area contributed by atoms with Crippen molar-refractivity contribution in [3.63, 3.8) is 0 Å². The Bertz CT molecular complexity index is 279. The van der Waals surface area contributed by atoms with Gasteiger partial charge in [0.25, 0.3) is 0 Å². The molecule has 1 aromatic rings. The van der Waals surface area contributed by atoms with Crippen molar-refractivity contribution < 1.29 is 0 Å². The van der Waals surface area contributed by atoms with Gasteiger partial charge in [-0.15, -0.1) is 11.6 Å². The first-order chi connectivity index (χ1) is 6.75. The van der Waals surface area contributed by atoms with Crippen LogP contribution in [0, 0.1) is 5.92 Å². The van der Waals surface area contributed by atoms with E-state index in [1.807, 2.05) is 12.3 Å². The van der Waals surface area contributed by atoms with Gasteiger partial charge in [0.1, 0.15) is 0 Å². The average molecular weight is 211 g/mol. The number of nitrogens with zero attached hydrogens (tertiary/aromatic N) is 2. The minimum absolute atomic E-state index is 0.312. The molecule has 2 atom stereocenters. The topological polar surface area (TPSA) is 16.1 Å². The summed E-state index contributed by atoms with van der Waals surface area (Å²) in [7, 11) is 0. The highest BCUT2D eigenvalue weighted by atomic mass is 35.5. The van der Waals surface area contributed by atoms with E-state index in [1.165, 1.54) is 5.56 Å². The Balaban J connectivity index is 1.94. The second-order valence-electron chi connectivity index (χ2n) is 4.05. The summed E-state index contributed by atoms with van der Waals surface area (Å²) in [5, 5.41) is 0.312. The Hall–Kier alpha value is -0.600. The number of pyridine rings is 1. The summed E-state index contributed by atoms with van der Waals surface area (Å²) in [6.07, 6.45) is 3.73. The Morgan fingerprint density at radius 3 is 3.00 bits per heavy atom. The lowest BCUT2D eigenvalue weighted by Crippen LogP contribution is -2.20. The fourth-order valence-corrected chi connectivity index (χ4v) is 2.18. The van der Waals surface area contributed by atoms with Crippen LogP contribution in [0.15, 0.2) is 24.5 Å². The van der Waals surface area contributed by atoms with Crippen molar-refractivity contribution in [2.24, 2.45) is 5.92 Å². The Kier molecular flexibility index (Phi) is 3.04. The zero-order chi connectivity index (χ0) is 9.97. The predicted molar refractivity (Wildman–Crippen MR) is 58.3 cm³/mol. The van der Waals surface area contributed by atoms with E-state index in [0.717, 1.165) is 19.6 Å². The third-order valence-electron chi connectivity index (χ3n) is 2.73. The molecule has 0 N–H and O–H groups in total. The standard InChI is InChI=1S/C11H15ClN2/c1-9-6-14(8-11(9)12)7-10-3-2-4-13-5-10/h2-5,9,11H,6-8H2,1H3. The molecule has 2 heterocycles. The number of alkyl halides is 1. The smallest absolute Gasteiger partial charge is 0.0501 e. The lowest BCUT2D eigenvalue weighted by Gasteiger charge is -2.14. The minimum atomic E-state index is 0.312. The van der Waals surface area contributed by atoms with Crippen molar-refractivity contribution in [2.75, 3.05) is 13.1 Å². The van der Waals surface area contributed by atoms with Crippen LogP contribution in [0.3, 0.4) is 0 Å². The zero-order valence-corrected chi connectivity index (χ0v) is 9.11. The van der Waals surface area contributed by atoms with Crippen LogP contribution >= 0.6 is 11.6 Å². The molecule has 0 radical (unpaired) electrons. The van der Waals surface area contributed by atoms with Gasteiger partial charge in [-0.3, -0.25) is 9.88 Å². The second-order valence-corrected chi connectivity index (χ2v) is 4.61. The van der Waals surface area contributed by atoms with Gasteiger partial charge in [0.2, 0.25) is 0 Å². The molecular formula is C11H15ClN2. The number of aromatic nitrogens is 1. The summed E-state index contributed by atoms with van der Waals surface area (Å²) in [4.78, 5) is 6.49. The van der Waals surface area contributed by atoms with Crippen molar-refractivity contribution in [3.8, 4) is 0 Å². The molecule has 3 heteroatoms. The molecule has 1 aromatic heterocycles. The van der Waals surface area contributed by atoms with E-state index in [1.54, 1.807) is 6.20 Å².